The first-order valence-corrected chi connectivity index (χ1v) is 10.6. The molecule has 1 fully saturated rings. The molecule has 3 heterocycles. The molecule has 9 nitrogen and oxygen atoms in total. The molecule has 29 heavy (non-hydrogen) atoms. The minimum absolute atomic E-state index is 0.00575. The highest BCUT2D eigenvalue weighted by Crippen LogP contribution is 2.34. The van der Waals surface area contributed by atoms with E-state index in [0.29, 0.717) is 28.8 Å². The molecule has 1 aliphatic heterocycles. The average molecular weight is 414 g/mol. The van der Waals surface area contributed by atoms with Crippen molar-refractivity contribution in [1.29, 1.82) is 0 Å². The molecule has 0 aliphatic carbocycles. The first kappa shape index (κ1) is 19.5. The van der Waals surface area contributed by atoms with Crippen molar-refractivity contribution in [1.82, 2.24) is 25.2 Å². The van der Waals surface area contributed by atoms with E-state index in [9.17, 15) is 4.79 Å². The van der Waals surface area contributed by atoms with Gasteiger partial charge in [-0.25, -0.2) is 4.68 Å². The Morgan fingerprint density at radius 2 is 2.21 bits per heavy atom. The molecule has 0 saturated carbocycles. The van der Waals surface area contributed by atoms with Crippen LogP contribution in [0.15, 0.2) is 39.9 Å². The van der Waals surface area contributed by atoms with Gasteiger partial charge in [-0.2, -0.15) is 10.1 Å². The fraction of sp³-hybridized carbons (Fsp3) is 0.368. The molecule has 0 radical (unpaired) electrons. The summed E-state index contributed by atoms with van der Waals surface area (Å²) in [6.45, 7) is 1.25. The number of anilines is 1. The molecule has 1 aromatic carbocycles. The quantitative estimate of drug-likeness (QED) is 0.565. The third-order valence-electron chi connectivity index (χ3n) is 4.67. The predicted molar refractivity (Wildman–Crippen MR) is 109 cm³/mol. The number of ether oxygens (including phenoxy) is 1. The van der Waals surface area contributed by atoms with Crippen LogP contribution in [-0.2, 0) is 16.1 Å². The lowest BCUT2D eigenvalue weighted by molar-refractivity contribution is -0.122. The number of benzene rings is 1. The van der Waals surface area contributed by atoms with Crippen LogP contribution >= 0.6 is 11.8 Å². The summed E-state index contributed by atoms with van der Waals surface area (Å²) < 4.78 is 12.4. The minimum Gasteiger partial charge on any atom is -0.383 e. The number of hydrogen-bond acceptors (Lipinski definition) is 8. The van der Waals surface area contributed by atoms with E-state index in [-0.39, 0.29) is 24.4 Å². The molecule has 0 bridgehead atoms. The molecule has 1 amide bonds. The molecule has 1 saturated heterocycles. The molecule has 4 rings (SSSR count). The highest BCUT2D eigenvalue weighted by Gasteiger charge is 2.24. The fourth-order valence-electron chi connectivity index (χ4n) is 3.17. The van der Waals surface area contributed by atoms with Crippen molar-refractivity contribution in [3.63, 3.8) is 0 Å². The van der Waals surface area contributed by atoms with Crippen molar-refractivity contribution in [2.24, 2.45) is 0 Å². The highest BCUT2D eigenvalue weighted by atomic mass is 32.2. The molecule has 1 aliphatic rings. The number of aromatic nitrogens is 4. The summed E-state index contributed by atoms with van der Waals surface area (Å²) in [6, 6.07) is 9.52. The van der Waals surface area contributed by atoms with Crippen molar-refractivity contribution in [2.75, 3.05) is 25.1 Å². The largest absolute Gasteiger partial charge is 0.383 e. The van der Waals surface area contributed by atoms with Gasteiger partial charge in [-0.3, -0.25) is 4.79 Å². The normalized spacial score (nSPS) is 16.2. The molecule has 10 heteroatoms. The predicted octanol–water partition coefficient (Wildman–Crippen LogP) is 2.20. The van der Waals surface area contributed by atoms with Gasteiger partial charge in [-0.05, 0) is 19.1 Å². The van der Waals surface area contributed by atoms with Gasteiger partial charge in [-0.1, -0.05) is 35.5 Å². The number of thioether (sulfide) groups is 1. The van der Waals surface area contributed by atoms with Gasteiger partial charge < -0.3 is 20.3 Å². The molecule has 1 atom stereocenters. The monoisotopic (exact) mass is 414 g/mol. The van der Waals surface area contributed by atoms with Crippen molar-refractivity contribution >= 4 is 23.5 Å². The summed E-state index contributed by atoms with van der Waals surface area (Å²) in [5.74, 6) is 0.875. The summed E-state index contributed by atoms with van der Waals surface area (Å²) in [4.78, 5) is 16.8. The van der Waals surface area contributed by atoms with Crippen LogP contribution in [0.1, 0.15) is 12.8 Å². The maximum Gasteiger partial charge on any atom is 0.264 e. The number of carbonyl (C=O) groups is 1. The van der Waals surface area contributed by atoms with Gasteiger partial charge in [0, 0.05) is 18.7 Å². The molecule has 2 aromatic heterocycles. The van der Waals surface area contributed by atoms with Crippen LogP contribution < -0.4 is 11.1 Å². The Hall–Kier alpha value is -2.85. The van der Waals surface area contributed by atoms with Gasteiger partial charge in [0.1, 0.15) is 23.0 Å². The first-order chi connectivity index (χ1) is 14.2. The standard InChI is InChI=1S/C19H22N6O3S/c1-29-19-15(18-22-17(24-28-18)12-6-3-2-4-7-12)16(20)25(23-19)11-14(26)21-10-13-8-5-9-27-13/h2-4,6-7,13H,5,8-11,20H2,1H3,(H,21,26). The number of nitrogen functional groups attached to an aromatic ring is 1. The number of nitrogens with zero attached hydrogens (tertiary/aromatic N) is 4. The lowest BCUT2D eigenvalue weighted by Crippen LogP contribution is -2.34. The molecule has 1 unspecified atom stereocenters. The number of amides is 1. The van der Waals surface area contributed by atoms with Crippen LogP contribution in [0.4, 0.5) is 5.82 Å². The molecular weight excluding hydrogens is 392 g/mol. The van der Waals surface area contributed by atoms with E-state index in [1.165, 1.54) is 16.4 Å². The van der Waals surface area contributed by atoms with E-state index in [1.807, 2.05) is 36.6 Å². The van der Waals surface area contributed by atoms with Gasteiger partial charge in [0.25, 0.3) is 5.89 Å². The zero-order valence-corrected chi connectivity index (χ0v) is 16.8. The molecule has 3 N–H and O–H groups in total. The average Bonchev–Trinajstić information content (AvgIpc) is 3.48. The second-order valence-electron chi connectivity index (χ2n) is 6.66. The maximum absolute atomic E-state index is 12.3. The Morgan fingerprint density at radius 3 is 2.93 bits per heavy atom. The van der Waals surface area contributed by atoms with Crippen molar-refractivity contribution < 1.29 is 14.1 Å². The van der Waals surface area contributed by atoms with E-state index in [0.717, 1.165) is 25.0 Å². The van der Waals surface area contributed by atoms with E-state index in [2.05, 4.69) is 20.6 Å². The molecular formula is C19H22N6O3S. The fourth-order valence-corrected chi connectivity index (χ4v) is 3.75. The van der Waals surface area contributed by atoms with Crippen molar-refractivity contribution in [2.45, 2.75) is 30.5 Å². The highest BCUT2D eigenvalue weighted by molar-refractivity contribution is 7.98. The third kappa shape index (κ3) is 4.28. The summed E-state index contributed by atoms with van der Waals surface area (Å²) in [7, 11) is 0. The summed E-state index contributed by atoms with van der Waals surface area (Å²) in [6.07, 6.45) is 3.96. The number of carbonyl (C=O) groups excluding carboxylic acids is 1. The van der Waals surface area contributed by atoms with Crippen LogP contribution in [0, 0.1) is 0 Å². The molecule has 152 valence electrons. The molecule has 0 spiro atoms. The number of rotatable bonds is 7. The van der Waals surface area contributed by atoms with Crippen LogP contribution in [0.25, 0.3) is 22.8 Å². The summed E-state index contributed by atoms with van der Waals surface area (Å²) in [5, 5.41) is 12.0. The summed E-state index contributed by atoms with van der Waals surface area (Å²) in [5.41, 5.74) is 7.66. The Morgan fingerprint density at radius 1 is 1.38 bits per heavy atom. The zero-order valence-electron chi connectivity index (χ0n) is 16.0. The van der Waals surface area contributed by atoms with E-state index < -0.39 is 0 Å². The number of nitrogens with two attached hydrogens (primary N) is 1. The van der Waals surface area contributed by atoms with Crippen molar-refractivity contribution in [3.8, 4) is 22.8 Å². The Balaban J connectivity index is 1.52. The Kier molecular flexibility index (Phi) is 5.81. The third-order valence-corrected chi connectivity index (χ3v) is 5.34. The Bertz CT molecular complexity index is 981. The smallest absolute Gasteiger partial charge is 0.264 e. The lowest BCUT2D eigenvalue weighted by atomic mass is 10.2. The van der Waals surface area contributed by atoms with Gasteiger partial charge in [0.05, 0.1) is 6.10 Å². The Labute approximate surface area is 172 Å². The molecule has 3 aromatic rings. The minimum atomic E-state index is -0.176. The number of hydrogen-bond donors (Lipinski definition) is 2. The second kappa shape index (κ2) is 8.66. The van der Waals surface area contributed by atoms with Gasteiger partial charge in [-0.15, -0.1) is 11.8 Å². The maximum atomic E-state index is 12.3. The van der Waals surface area contributed by atoms with Crippen LogP contribution in [-0.4, -0.2) is 51.3 Å². The zero-order chi connectivity index (χ0) is 20.2. The van der Waals surface area contributed by atoms with E-state index >= 15 is 0 Å². The first-order valence-electron chi connectivity index (χ1n) is 9.33. The van der Waals surface area contributed by atoms with Crippen molar-refractivity contribution in [3.05, 3.63) is 30.3 Å². The van der Waals surface area contributed by atoms with E-state index in [1.54, 1.807) is 0 Å². The van der Waals surface area contributed by atoms with Crippen LogP contribution in [0.3, 0.4) is 0 Å². The summed E-state index contributed by atoms with van der Waals surface area (Å²) >= 11 is 1.40. The van der Waals surface area contributed by atoms with Gasteiger partial charge >= 0.3 is 0 Å². The van der Waals surface area contributed by atoms with Gasteiger partial charge in [0.15, 0.2) is 0 Å². The SMILES string of the molecule is CSc1nn(CC(=O)NCC2CCCO2)c(N)c1-c1nc(-c2ccccc2)no1. The topological polar surface area (TPSA) is 121 Å². The van der Waals surface area contributed by atoms with Gasteiger partial charge in [0.2, 0.25) is 11.7 Å². The van der Waals surface area contributed by atoms with E-state index in [4.69, 9.17) is 15.0 Å². The number of nitrogens with one attached hydrogen (secondary N) is 1. The second-order valence-corrected chi connectivity index (χ2v) is 7.45. The van der Waals surface area contributed by atoms with Crippen LogP contribution in [0.2, 0.25) is 0 Å². The lowest BCUT2D eigenvalue weighted by Gasteiger charge is -2.11. The van der Waals surface area contributed by atoms with Crippen LogP contribution in [0.5, 0.6) is 0 Å².